The second-order valence-electron chi connectivity index (χ2n) is 4.83. The minimum absolute atomic E-state index is 0.132. The lowest BCUT2D eigenvalue weighted by atomic mass is 10.1. The second-order valence-corrected chi connectivity index (χ2v) is 5.90. The minimum Gasteiger partial charge on any atom is -0.493 e. The number of carbonyl (C=O) groups is 1. The van der Waals surface area contributed by atoms with Crippen LogP contribution in [0.15, 0.2) is 29.6 Å². The van der Waals surface area contributed by atoms with Crippen molar-refractivity contribution in [2.75, 3.05) is 6.61 Å². The predicted octanol–water partition coefficient (Wildman–Crippen LogP) is 3.73. The van der Waals surface area contributed by atoms with Gasteiger partial charge in [0, 0.05) is 10.9 Å². The first-order valence-corrected chi connectivity index (χ1v) is 7.94. The van der Waals surface area contributed by atoms with Crippen LogP contribution in [-0.2, 0) is 0 Å². The molecule has 5 heteroatoms. The number of para-hydroxylation sites is 1. The van der Waals surface area contributed by atoms with Crippen molar-refractivity contribution >= 4 is 17.2 Å². The molecule has 0 aliphatic rings. The van der Waals surface area contributed by atoms with E-state index >= 15 is 0 Å². The highest BCUT2D eigenvalue weighted by molar-refractivity contribution is 7.09. The molecule has 1 N–H and O–H groups in total. The van der Waals surface area contributed by atoms with E-state index in [0.717, 1.165) is 22.7 Å². The number of aryl methyl sites for hydroxylation is 1. The highest BCUT2D eigenvalue weighted by atomic mass is 32.1. The lowest BCUT2D eigenvalue weighted by Crippen LogP contribution is -2.27. The topological polar surface area (TPSA) is 51.2 Å². The third kappa shape index (κ3) is 4.04. The average molecular weight is 304 g/mol. The van der Waals surface area contributed by atoms with Gasteiger partial charge in [0.15, 0.2) is 0 Å². The maximum Gasteiger partial charge on any atom is 0.271 e. The van der Waals surface area contributed by atoms with Gasteiger partial charge in [0.25, 0.3) is 5.91 Å². The summed E-state index contributed by atoms with van der Waals surface area (Å²) in [7, 11) is 0. The summed E-state index contributed by atoms with van der Waals surface area (Å²) in [4.78, 5) is 16.4. The number of rotatable bonds is 6. The van der Waals surface area contributed by atoms with Gasteiger partial charge < -0.3 is 10.1 Å². The van der Waals surface area contributed by atoms with E-state index in [1.54, 1.807) is 5.38 Å². The van der Waals surface area contributed by atoms with Crippen molar-refractivity contribution in [1.29, 1.82) is 0 Å². The molecule has 21 heavy (non-hydrogen) atoms. The quantitative estimate of drug-likeness (QED) is 0.884. The van der Waals surface area contributed by atoms with E-state index in [2.05, 4.69) is 17.2 Å². The Kier molecular flexibility index (Phi) is 5.33. The van der Waals surface area contributed by atoms with E-state index in [9.17, 15) is 4.79 Å². The highest BCUT2D eigenvalue weighted by Crippen LogP contribution is 2.25. The molecule has 0 aliphatic carbocycles. The lowest BCUT2D eigenvalue weighted by molar-refractivity contribution is 0.0935. The molecule has 112 valence electrons. The summed E-state index contributed by atoms with van der Waals surface area (Å²) < 4.78 is 5.73. The van der Waals surface area contributed by atoms with Crippen LogP contribution in [0.2, 0.25) is 0 Å². The fourth-order valence-electron chi connectivity index (χ4n) is 2.00. The Labute approximate surface area is 129 Å². The van der Waals surface area contributed by atoms with Crippen molar-refractivity contribution in [2.24, 2.45) is 0 Å². The zero-order valence-corrected chi connectivity index (χ0v) is 13.4. The number of hydrogen-bond donors (Lipinski definition) is 1. The number of thiazole rings is 1. The Bertz CT molecular complexity index is 610. The molecule has 0 radical (unpaired) electrons. The number of ether oxygens (including phenoxy) is 1. The van der Waals surface area contributed by atoms with Gasteiger partial charge in [0.1, 0.15) is 11.4 Å². The number of benzene rings is 1. The molecule has 1 unspecified atom stereocenters. The number of aromatic nitrogens is 1. The van der Waals surface area contributed by atoms with Crippen LogP contribution < -0.4 is 10.1 Å². The standard InChI is InChI=1S/C16H20N2O2S/c1-4-9-20-15-8-6-5-7-13(15)11(2)17-16(19)14-10-21-12(3)18-14/h5-8,10-11H,4,9H2,1-3H3,(H,17,19). The molecule has 1 atom stereocenters. The van der Waals surface area contributed by atoms with Gasteiger partial charge in [-0.25, -0.2) is 4.98 Å². The third-order valence-corrected chi connectivity index (χ3v) is 3.82. The van der Waals surface area contributed by atoms with Gasteiger partial charge in [-0.05, 0) is 26.3 Å². The first-order chi connectivity index (χ1) is 10.1. The van der Waals surface area contributed by atoms with Gasteiger partial charge >= 0.3 is 0 Å². The molecule has 0 aliphatic heterocycles. The van der Waals surface area contributed by atoms with Gasteiger partial charge in [0.2, 0.25) is 0 Å². The molecular weight excluding hydrogens is 284 g/mol. The summed E-state index contributed by atoms with van der Waals surface area (Å²) in [5, 5.41) is 5.63. The average Bonchev–Trinajstić information content (AvgIpc) is 2.92. The highest BCUT2D eigenvalue weighted by Gasteiger charge is 2.16. The molecule has 2 rings (SSSR count). The summed E-state index contributed by atoms with van der Waals surface area (Å²) in [6.45, 7) is 6.57. The van der Waals surface area contributed by atoms with Crippen molar-refractivity contribution in [3.05, 3.63) is 45.9 Å². The van der Waals surface area contributed by atoms with E-state index in [1.165, 1.54) is 11.3 Å². The van der Waals surface area contributed by atoms with Gasteiger partial charge in [-0.1, -0.05) is 25.1 Å². The Morgan fingerprint density at radius 2 is 2.19 bits per heavy atom. The van der Waals surface area contributed by atoms with E-state index in [-0.39, 0.29) is 11.9 Å². The van der Waals surface area contributed by atoms with E-state index in [4.69, 9.17) is 4.74 Å². The van der Waals surface area contributed by atoms with Crippen LogP contribution in [0.3, 0.4) is 0 Å². The third-order valence-electron chi connectivity index (χ3n) is 3.05. The number of hydrogen-bond acceptors (Lipinski definition) is 4. The lowest BCUT2D eigenvalue weighted by Gasteiger charge is -2.17. The van der Waals surface area contributed by atoms with E-state index in [1.807, 2.05) is 38.1 Å². The van der Waals surface area contributed by atoms with Crippen molar-refractivity contribution in [2.45, 2.75) is 33.2 Å². The van der Waals surface area contributed by atoms with Crippen molar-refractivity contribution in [3.8, 4) is 5.75 Å². The molecule has 1 aromatic heterocycles. The molecule has 0 saturated carbocycles. The first-order valence-electron chi connectivity index (χ1n) is 7.06. The number of amides is 1. The molecule has 1 amide bonds. The zero-order chi connectivity index (χ0) is 15.2. The SMILES string of the molecule is CCCOc1ccccc1C(C)NC(=O)c1csc(C)n1. The fourth-order valence-corrected chi connectivity index (χ4v) is 2.59. The number of carbonyl (C=O) groups excluding carboxylic acids is 1. The van der Waals surface area contributed by atoms with E-state index < -0.39 is 0 Å². The molecule has 1 heterocycles. The van der Waals surface area contributed by atoms with Gasteiger partial charge in [0.05, 0.1) is 17.7 Å². The normalized spacial score (nSPS) is 12.0. The van der Waals surface area contributed by atoms with Crippen molar-refractivity contribution in [3.63, 3.8) is 0 Å². The van der Waals surface area contributed by atoms with Crippen LogP contribution in [0.4, 0.5) is 0 Å². The maximum atomic E-state index is 12.2. The zero-order valence-electron chi connectivity index (χ0n) is 12.6. The second kappa shape index (κ2) is 7.22. The largest absolute Gasteiger partial charge is 0.493 e. The van der Waals surface area contributed by atoms with Crippen LogP contribution >= 0.6 is 11.3 Å². The Morgan fingerprint density at radius 1 is 1.43 bits per heavy atom. The summed E-state index contributed by atoms with van der Waals surface area (Å²) in [5.41, 5.74) is 1.45. The van der Waals surface area contributed by atoms with Crippen molar-refractivity contribution in [1.82, 2.24) is 10.3 Å². The van der Waals surface area contributed by atoms with Crippen molar-refractivity contribution < 1.29 is 9.53 Å². The van der Waals surface area contributed by atoms with Crippen LogP contribution in [0.1, 0.15) is 47.4 Å². The summed E-state index contributed by atoms with van der Waals surface area (Å²) in [6, 6.07) is 7.66. The molecule has 1 aromatic carbocycles. The smallest absolute Gasteiger partial charge is 0.271 e. The van der Waals surface area contributed by atoms with Crippen LogP contribution in [0.5, 0.6) is 5.75 Å². The van der Waals surface area contributed by atoms with Crippen LogP contribution in [0.25, 0.3) is 0 Å². The molecule has 0 saturated heterocycles. The number of nitrogens with zero attached hydrogens (tertiary/aromatic N) is 1. The molecule has 4 nitrogen and oxygen atoms in total. The summed E-state index contributed by atoms with van der Waals surface area (Å²) in [6.07, 6.45) is 0.952. The molecule has 0 bridgehead atoms. The monoisotopic (exact) mass is 304 g/mol. The molecule has 0 spiro atoms. The maximum absolute atomic E-state index is 12.2. The Hall–Kier alpha value is -1.88. The van der Waals surface area contributed by atoms with Gasteiger partial charge in [-0.15, -0.1) is 11.3 Å². The first kappa shape index (κ1) is 15.5. The van der Waals surface area contributed by atoms with Gasteiger partial charge in [-0.3, -0.25) is 4.79 Å². The summed E-state index contributed by atoms with van der Waals surface area (Å²) in [5.74, 6) is 0.666. The molecule has 2 aromatic rings. The minimum atomic E-state index is -0.155. The van der Waals surface area contributed by atoms with Crippen LogP contribution in [-0.4, -0.2) is 17.5 Å². The Morgan fingerprint density at radius 3 is 2.86 bits per heavy atom. The fraction of sp³-hybridized carbons (Fsp3) is 0.375. The summed E-state index contributed by atoms with van der Waals surface area (Å²) >= 11 is 1.47. The van der Waals surface area contributed by atoms with Gasteiger partial charge in [-0.2, -0.15) is 0 Å². The molecular formula is C16H20N2O2S. The van der Waals surface area contributed by atoms with Crippen LogP contribution in [0, 0.1) is 6.92 Å². The number of nitrogens with one attached hydrogen (secondary N) is 1. The Balaban J connectivity index is 2.09. The van der Waals surface area contributed by atoms with E-state index in [0.29, 0.717) is 12.3 Å². The predicted molar refractivity (Wildman–Crippen MR) is 85.0 cm³/mol. The molecule has 0 fully saturated rings.